The second kappa shape index (κ2) is 8.85. The van der Waals surface area contributed by atoms with Crippen molar-refractivity contribution < 1.29 is 9.53 Å². The molecule has 0 aromatic heterocycles. The maximum atomic E-state index is 11.5. The van der Waals surface area contributed by atoms with Crippen molar-refractivity contribution in [3.05, 3.63) is 0 Å². The first-order chi connectivity index (χ1) is 6.76. The number of thioether (sulfide) groups is 1. The summed E-state index contributed by atoms with van der Waals surface area (Å²) in [5.41, 5.74) is 0. The van der Waals surface area contributed by atoms with Gasteiger partial charge in [0.25, 0.3) is 0 Å². The van der Waals surface area contributed by atoms with Gasteiger partial charge in [0.1, 0.15) is 0 Å². The molecule has 0 saturated heterocycles. The highest BCUT2D eigenvalue weighted by Gasteiger charge is 2.11. The van der Waals surface area contributed by atoms with Gasteiger partial charge >= 0.3 is 0 Å². The molecule has 14 heavy (non-hydrogen) atoms. The van der Waals surface area contributed by atoms with Crippen LogP contribution in [0.5, 0.6) is 0 Å². The van der Waals surface area contributed by atoms with Crippen LogP contribution in [0.3, 0.4) is 0 Å². The van der Waals surface area contributed by atoms with Crippen molar-refractivity contribution in [2.45, 2.75) is 6.42 Å². The number of hydrogen-bond donors (Lipinski definition) is 0. The molecule has 0 aliphatic rings. The Bertz CT molecular complexity index is 203. The van der Waals surface area contributed by atoms with E-state index in [9.17, 15) is 4.79 Å². The quantitative estimate of drug-likeness (QED) is 0.630. The smallest absolute Gasteiger partial charge is 0.232 e. The summed E-state index contributed by atoms with van der Waals surface area (Å²) in [6.45, 7) is 1.59. The molecule has 0 rings (SSSR count). The van der Waals surface area contributed by atoms with Crippen LogP contribution in [0.15, 0.2) is 0 Å². The first-order valence-corrected chi connectivity index (χ1v) is 5.78. The average molecular weight is 216 g/mol. The van der Waals surface area contributed by atoms with Crippen LogP contribution in [-0.4, -0.2) is 49.6 Å². The van der Waals surface area contributed by atoms with Gasteiger partial charge in [-0.25, -0.2) is 0 Å². The van der Waals surface area contributed by atoms with Crippen LogP contribution in [0, 0.1) is 11.3 Å². The predicted molar refractivity (Wildman–Crippen MR) is 57.1 cm³/mol. The van der Waals surface area contributed by atoms with Crippen molar-refractivity contribution in [1.82, 2.24) is 4.90 Å². The van der Waals surface area contributed by atoms with E-state index in [1.165, 1.54) is 11.8 Å². The molecule has 0 heterocycles. The first kappa shape index (κ1) is 13.3. The van der Waals surface area contributed by atoms with E-state index in [0.717, 1.165) is 0 Å². The summed E-state index contributed by atoms with van der Waals surface area (Å²) in [6.07, 6.45) is 2.26. The Labute approximate surface area is 89.2 Å². The van der Waals surface area contributed by atoms with Gasteiger partial charge < -0.3 is 9.64 Å². The van der Waals surface area contributed by atoms with Gasteiger partial charge in [-0.2, -0.15) is 17.0 Å². The SMILES string of the molecule is COCCN(CCC#N)C(=O)CSC. The lowest BCUT2D eigenvalue weighted by atomic mass is 10.4. The standard InChI is InChI=1S/C9H16N2O2S/c1-13-7-6-11(5-3-4-10)9(12)8-14-2/h3,5-8H2,1-2H3. The second-order valence-electron chi connectivity index (χ2n) is 2.71. The molecule has 0 radical (unpaired) electrons. The predicted octanol–water partition coefficient (Wildman–Crippen LogP) is 0.738. The molecular formula is C9H16N2O2S. The van der Waals surface area contributed by atoms with Gasteiger partial charge in [-0.3, -0.25) is 4.79 Å². The molecular weight excluding hydrogens is 200 g/mol. The molecule has 0 aromatic carbocycles. The molecule has 80 valence electrons. The fourth-order valence-electron chi connectivity index (χ4n) is 0.962. The Morgan fingerprint density at radius 1 is 1.57 bits per heavy atom. The van der Waals surface area contributed by atoms with Crippen molar-refractivity contribution in [3.8, 4) is 6.07 Å². The zero-order valence-electron chi connectivity index (χ0n) is 8.65. The fraction of sp³-hybridized carbons (Fsp3) is 0.778. The maximum Gasteiger partial charge on any atom is 0.232 e. The van der Waals surface area contributed by atoms with E-state index >= 15 is 0 Å². The molecule has 0 fully saturated rings. The molecule has 0 aliphatic carbocycles. The van der Waals surface area contributed by atoms with Crippen LogP contribution >= 0.6 is 11.8 Å². The van der Waals surface area contributed by atoms with Crippen LogP contribution in [0.25, 0.3) is 0 Å². The van der Waals surface area contributed by atoms with E-state index in [-0.39, 0.29) is 5.91 Å². The van der Waals surface area contributed by atoms with Gasteiger partial charge in [-0.15, -0.1) is 0 Å². The van der Waals surface area contributed by atoms with Crippen molar-refractivity contribution >= 4 is 17.7 Å². The second-order valence-corrected chi connectivity index (χ2v) is 3.58. The third-order valence-corrected chi connectivity index (χ3v) is 2.21. The minimum absolute atomic E-state index is 0.0739. The molecule has 0 spiro atoms. The average Bonchev–Trinajstić information content (AvgIpc) is 2.18. The lowest BCUT2D eigenvalue weighted by Gasteiger charge is -2.20. The maximum absolute atomic E-state index is 11.5. The summed E-state index contributed by atoms with van der Waals surface area (Å²) >= 11 is 1.49. The normalized spacial score (nSPS) is 9.50. The number of nitriles is 1. The van der Waals surface area contributed by atoms with E-state index in [4.69, 9.17) is 10.00 Å². The molecule has 5 heteroatoms. The summed E-state index contributed by atoms with van der Waals surface area (Å²) < 4.78 is 4.90. The van der Waals surface area contributed by atoms with Crippen LogP contribution in [0.4, 0.5) is 0 Å². The number of amides is 1. The summed E-state index contributed by atoms with van der Waals surface area (Å²) in [5, 5.41) is 8.43. The Balaban J connectivity index is 3.95. The largest absolute Gasteiger partial charge is 0.383 e. The van der Waals surface area contributed by atoms with Gasteiger partial charge in [-0.05, 0) is 6.26 Å². The lowest BCUT2D eigenvalue weighted by molar-refractivity contribution is -0.128. The van der Waals surface area contributed by atoms with Crippen molar-refractivity contribution in [2.75, 3.05) is 38.8 Å². The highest BCUT2D eigenvalue weighted by atomic mass is 32.2. The number of nitrogens with zero attached hydrogens (tertiary/aromatic N) is 2. The van der Waals surface area contributed by atoms with Gasteiger partial charge in [0.05, 0.1) is 24.8 Å². The highest BCUT2D eigenvalue weighted by Crippen LogP contribution is 1.99. The molecule has 1 amide bonds. The van der Waals surface area contributed by atoms with Gasteiger partial charge in [0.15, 0.2) is 0 Å². The van der Waals surface area contributed by atoms with Crippen molar-refractivity contribution in [3.63, 3.8) is 0 Å². The first-order valence-electron chi connectivity index (χ1n) is 4.38. The number of rotatable bonds is 7. The van der Waals surface area contributed by atoms with E-state index < -0.39 is 0 Å². The number of methoxy groups -OCH3 is 1. The Hall–Kier alpha value is -0.730. The summed E-state index contributed by atoms with van der Waals surface area (Å²) in [5.74, 6) is 0.541. The summed E-state index contributed by atoms with van der Waals surface area (Å²) in [6, 6.07) is 2.03. The Morgan fingerprint density at radius 3 is 2.79 bits per heavy atom. The summed E-state index contributed by atoms with van der Waals surface area (Å²) in [4.78, 5) is 13.2. The van der Waals surface area contributed by atoms with Crippen molar-refractivity contribution in [2.24, 2.45) is 0 Å². The molecule has 0 N–H and O–H groups in total. The van der Waals surface area contributed by atoms with E-state index in [0.29, 0.717) is 31.9 Å². The number of ether oxygens (including phenoxy) is 1. The minimum atomic E-state index is 0.0739. The Kier molecular flexibility index (Phi) is 8.39. The van der Waals surface area contributed by atoms with Crippen LogP contribution in [0.2, 0.25) is 0 Å². The summed E-state index contributed by atoms with van der Waals surface area (Å²) in [7, 11) is 1.60. The van der Waals surface area contributed by atoms with Crippen LogP contribution < -0.4 is 0 Å². The Morgan fingerprint density at radius 2 is 2.29 bits per heavy atom. The zero-order chi connectivity index (χ0) is 10.8. The topological polar surface area (TPSA) is 53.3 Å². The van der Waals surface area contributed by atoms with Gasteiger partial charge in [-0.1, -0.05) is 0 Å². The van der Waals surface area contributed by atoms with Gasteiger partial charge in [0.2, 0.25) is 5.91 Å². The monoisotopic (exact) mass is 216 g/mol. The van der Waals surface area contributed by atoms with Gasteiger partial charge in [0, 0.05) is 20.2 Å². The fourth-order valence-corrected chi connectivity index (χ4v) is 1.39. The van der Waals surface area contributed by atoms with Crippen LogP contribution in [-0.2, 0) is 9.53 Å². The van der Waals surface area contributed by atoms with Crippen LogP contribution in [0.1, 0.15) is 6.42 Å². The molecule has 0 aromatic rings. The molecule has 0 unspecified atom stereocenters. The zero-order valence-corrected chi connectivity index (χ0v) is 9.47. The molecule has 0 atom stereocenters. The molecule has 4 nitrogen and oxygen atoms in total. The third kappa shape index (κ3) is 5.84. The molecule has 0 saturated carbocycles. The van der Waals surface area contributed by atoms with E-state index in [2.05, 4.69) is 0 Å². The van der Waals surface area contributed by atoms with E-state index in [1.807, 2.05) is 12.3 Å². The third-order valence-electron chi connectivity index (χ3n) is 1.68. The number of hydrogen-bond acceptors (Lipinski definition) is 4. The molecule has 0 aliphatic heterocycles. The van der Waals surface area contributed by atoms with E-state index in [1.54, 1.807) is 12.0 Å². The van der Waals surface area contributed by atoms with Crippen molar-refractivity contribution in [1.29, 1.82) is 5.26 Å². The lowest BCUT2D eigenvalue weighted by Crippen LogP contribution is -2.35. The number of carbonyl (C=O) groups excluding carboxylic acids is 1. The highest BCUT2D eigenvalue weighted by molar-refractivity contribution is 7.99. The minimum Gasteiger partial charge on any atom is -0.383 e. The molecule has 0 bridgehead atoms. The number of carbonyl (C=O) groups is 1.